The number of ether oxygens (including phenoxy) is 1. The second-order valence-electron chi connectivity index (χ2n) is 9.40. The van der Waals surface area contributed by atoms with Crippen LogP contribution in [0.15, 0.2) is 54.6 Å². The summed E-state index contributed by atoms with van der Waals surface area (Å²) in [4.78, 5) is 65.1. The Labute approximate surface area is 205 Å². The van der Waals surface area contributed by atoms with Gasteiger partial charge in [0.25, 0.3) is 11.8 Å². The highest BCUT2D eigenvalue weighted by atomic mass is 16.6. The summed E-state index contributed by atoms with van der Waals surface area (Å²) >= 11 is 0. The fraction of sp³-hybridized carbons (Fsp3) is 0.222. The first-order valence-electron chi connectivity index (χ1n) is 11.1. The maximum absolute atomic E-state index is 13.7. The van der Waals surface area contributed by atoms with Gasteiger partial charge in [-0.25, -0.2) is 14.4 Å². The maximum atomic E-state index is 13.7. The molecule has 1 heterocycles. The monoisotopic (exact) mass is 489 g/mol. The van der Waals surface area contributed by atoms with Gasteiger partial charge in [0.05, 0.1) is 11.1 Å². The highest BCUT2D eigenvalue weighted by Gasteiger charge is 2.43. The van der Waals surface area contributed by atoms with Gasteiger partial charge in [-0.15, -0.1) is 0 Å². The summed E-state index contributed by atoms with van der Waals surface area (Å²) < 4.78 is 5.54. The Hall–Kier alpha value is -4.53. The van der Waals surface area contributed by atoms with Gasteiger partial charge in [-0.3, -0.25) is 14.5 Å². The highest BCUT2D eigenvalue weighted by molar-refractivity contribution is 6.30. The van der Waals surface area contributed by atoms with E-state index < -0.39 is 41.4 Å². The zero-order valence-electron chi connectivity index (χ0n) is 19.8. The fourth-order valence-corrected chi connectivity index (χ4v) is 4.33. The van der Waals surface area contributed by atoms with Gasteiger partial charge < -0.3 is 14.9 Å². The lowest BCUT2D eigenvalue weighted by atomic mass is 9.87. The molecule has 4 rings (SSSR count). The van der Waals surface area contributed by atoms with Gasteiger partial charge in [-0.05, 0) is 50.6 Å². The van der Waals surface area contributed by atoms with Gasteiger partial charge in [0.1, 0.15) is 11.6 Å². The number of carboxylic acids is 2. The molecule has 0 fully saturated rings. The second kappa shape index (κ2) is 8.92. The lowest BCUT2D eigenvalue weighted by Gasteiger charge is -2.34. The van der Waals surface area contributed by atoms with E-state index in [1.54, 1.807) is 51.1 Å². The number of nitrogens with zero attached hydrogens (tertiary/aromatic N) is 1. The molecule has 1 aliphatic heterocycles. The first-order chi connectivity index (χ1) is 16.9. The molecule has 0 bridgehead atoms. The number of rotatable bonds is 6. The number of imide groups is 1. The van der Waals surface area contributed by atoms with E-state index in [4.69, 9.17) is 4.74 Å². The van der Waals surface area contributed by atoms with Crippen LogP contribution >= 0.6 is 0 Å². The van der Waals surface area contributed by atoms with Crippen molar-refractivity contribution in [3.05, 3.63) is 82.4 Å². The number of aromatic carboxylic acids is 2. The zero-order chi connectivity index (χ0) is 26.4. The van der Waals surface area contributed by atoms with E-state index in [0.29, 0.717) is 5.56 Å². The van der Waals surface area contributed by atoms with E-state index in [1.807, 2.05) is 0 Å². The molecule has 9 nitrogen and oxygen atoms in total. The zero-order valence-corrected chi connectivity index (χ0v) is 19.8. The molecule has 9 heteroatoms. The van der Waals surface area contributed by atoms with Gasteiger partial charge in [0.2, 0.25) is 0 Å². The Morgan fingerprint density at radius 3 is 1.75 bits per heavy atom. The van der Waals surface area contributed by atoms with Crippen LogP contribution in [0.25, 0.3) is 10.8 Å². The predicted molar refractivity (Wildman–Crippen MR) is 128 cm³/mol. The molecule has 0 spiro atoms. The first kappa shape index (κ1) is 24.6. The van der Waals surface area contributed by atoms with Crippen molar-refractivity contribution >= 4 is 40.5 Å². The van der Waals surface area contributed by atoms with Gasteiger partial charge in [0, 0.05) is 28.3 Å². The second-order valence-corrected chi connectivity index (χ2v) is 9.40. The van der Waals surface area contributed by atoms with Gasteiger partial charge in [0.15, 0.2) is 0 Å². The molecule has 0 radical (unpaired) electrons. The van der Waals surface area contributed by atoms with Crippen LogP contribution in [0.2, 0.25) is 0 Å². The van der Waals surface area contributed by atoms with Crippen LogP contribution < -0.4 is 0 Å². The van der Waals surface area contributed by atoms with Crippen molar-refractivity contribution in [3.8, 4) is 0 Å². The molecule has 0 saturated carbocycles. The lowest BCUT2D eigenvalue weighted by molar-refractivity contribution is -0.159. The SMILES string of the molecule is CC(C)(C)OC(=O)[C@H](Cc1ccccc1)N1C(=O)c2ccc(C(=O)O)c3c(C(=O)O)ccc(c23)C1=O. The quantitative estimate of drug-likeness (QED) is 0.394. The summed E-state index contributed by atoms with van der Waals surface area (Å²) in [6, 6.07) is 12.2. The average molecular weight is 489 g/mol. The van der Waals surface area contributed by atoms with Crippen molar-refractivity contribution in [2.75, 3.05) is 0 Å². The Morgan fingerprint density at radius 2 is 1.31 bits per heavy atom. The highest BCUT2D eigenvalue weighted by Crippen LogP contribution is 2.36. The van der Waals surface area contributed by atoms with Crippen LogP contribution in [-0.4, -0.2) is 56.5 Å². The number of amides is 2. The third-order valence-corrected chi connectivity index (χ3v) is 5.78. The molecular weight excluding hydrogens is 466 g/mol. The number of carbonyl (C=O) groups excluding carboxylic acids is 3. The molecule has 1 aliphatic rings. The predicted octanol–water partition coefficient (Wildman–Crippen LogP) is 3.79. The Bertz CT molecular complexity index is 1370. The molecule has 3 aromatic carbocycles. The average Bonchev–Trinajstić information content (AvgIpc) is 2.80. The van der Waals surface area contributed by atoms with Crippen molar-refractivity contribution in [2.45, 2.75) is 38.8 Å². The van der Waals surface area contributed by atoms with E-state index in [2.05, 4.69) is 0 Å². The normalized spacial score (nSPS) is 14.0. The van der Waals surface area contributed by atoms with Crippen molar-refractivity contribution in [3.63, 3.8) is 0 Å². The van der Waals surface area contributed by atoms with Gasteiger partial charge in [-0.1, -0.05) is 30.3 Å². The van der Waals surface area contributed by atoms with Crippen molar-refractivity contribution in [1.82, 2.24) is 4.90 Å². The minimum atomic E-state index is -1.40. The smallest absolute Gasteiger partial charge is 0.336 e. The Morgan fingerprint density at radius 1 is 0.806 bits per heavy atom. The minimum absolute atomic E-state index is 0.00781. The largest absolute Gasteiger partial charge is 0.478 e. The van der Waals surface area contributed by atoms with Gasteiger partial charge >= 0.3 is 17.9 Å². The molecule has 2 amide bonds. The first-order valence-corrected chi connectivity index (χ1v) is 11.1. The number of hydrogen-bond acceptors (Lipinski definition) is 6. The maximum Gasteiger partial charge on any atom is 0.336 e. The van der Waals surface area contributed by atoms with E-state index in [9.17, 15) is 34.2 Å². The molecule has 0 unspecified atom stereocenters. The van der Waals surface area contributed by atoms with Crippen LogP contribution in [0.1, 0.15) is 67.8 Å². The molecule has 3 aromatic rings. The van der Waals surface area contributed by atoms with E-state index in [-0.39, 0.29) is 39.4 Å². The summed E-state index contributed by atoms with van der Waals surface area (Å²) in [5.41, 5.74) is -1.06. The number of benzene rings is 3. The summed E-state index contributed by atoms with van der Waals surface area (Å²) in [7, 11) is 0. The van der Waals surface area contributed by atoms with Crippen LogP contribution in [0.5, 0.6) is 0 Å². The van der Waals surface area contributed by atoms with Crippen molar-refractivity contribution in [2.24, 2.45) is 0 Å². The van der Waals surface area contributed by atoms with E-state index in [1.165, 1.54) is 12.1 Å². The van der Waals surface area contributed by atoms with Crippen molar-refractivity contribution in [1.29, 1.82) is 0 Å². The van der Waals surface area contributed by atoms with Crippen LogP contribution in [0.4, 0.5) is 0 Å². The number of hydrogen-bond donors (Lipinski definition) is 2. The molecule has 0 aromatic heterocycles. The third kappa shape index (κ3) is 4.31. The van der Waals surface area contributed by atoms with Crippen molar-refractivity contribution < 1.29 is 38.9 Å². The summed E-state index contributed by atoms with van der Waals surface area (Å²) in [6.45, 7) is 5.00. The fourth-order valence-electron chi connectivity index (χ4n) is 4.33. The minimum Gasteiger partial charge on any atom is -0.478 e. The molecule has 0 saturated heterocycles. The Kier molecular flexibility index (Phi) is 6.09. The number of esters is 1. The number of carboxylic acid groups (broad SMARTS) is 2. The summed E-state index contributed by atoms with van der Waals surface area (Å²) in [5, 5.41) is 19.0. The third-order valence-electron chi connectivity index (χ3n) is 5.78. The van der Waals surface area contributed by atoms with Gasteiger partial charge in [-0.2, -0.15) is 0 Å². The van der Waals surface area contributed by atoms with E-state index >= 15 is 0 Å². The number of carbonyl (C=O) groups is 5. The van der Waals surface area contributed by atoms with Crippen LogP contribution in [-0.2, 0) is 16.0 Å². The van der Waals surface area contributed by atoms with Crippen LogP contribution in [0, 0.1) is 0 Å². The summed E-state index contributed by atoms with van der Waals surface area (Å²) in [5.74, 6) is -5.27. The summed E-state index contributed by atoms with van der Waals surface area (Å²) in [6.07, 6.45) is -0.00781. The van der Waals surface area contributed by atoms with E-state index in [0.717, 1.165) is 17.0 Å². The molecular formula is C27H23NO8. The Balaban J connectivity index is 1.92. The van der Waals surface area contributed by atoms with Crippen LogP contribution in [0.3, 0.4) is 0 Å². The lowest BCUT2D eigenvalue weighted by Crippen LogP contribution is -2.53. The molecule has 36 heavy (non-hydrogen) atoms. The molecule has 1 atom stereocenters. The standard InChI is InChI=1S/C27H23NO8/c1-27(2,3)36-26(35)19(13-14-7-5-4-6-8-14)28-22(29)15-9-11-17(24(31)32)21-18(25(33)34)12-10-16(20(15)21)23(28)30/h4-12,19H,13H2,1-3H3,(H,31,32)(H,33,34)/t19-/m0/s1. The molecule has 2 N–H and O–H groups in total. The molecule has 0 aliphatic carbocycles. The molecule has 184 valence electrons. The topological polar surface area (TPSA) is 138 Å².